The van der Waals surface area contributed by atoms with Gasteiger partial charge in [-0.2, -0.15) is 0 Å². The smallest absolute Gasteiger partial charge is 0.327 e. The lowest BCUT2D eigenvalue weighted by molar-refractivity contribution is -0.151. The SMILES string of the molecule is CCOC(=O)C(C)(CN(C)CC1CC1C)NC. The third-order valence-corrected chi connectivity index (χ3v) is 3.69. The molecule has 1 N–H and O–H groups in total. The minimum absolute atomic E-state index is 0.168. The summed E-state index contributed by atoms with van der Waals surface area (Å²) < 4.78 is 5.11. The van der Waals surface area contributed by atoms with E-state index >= 15 is 0 Å². The second-order valence-electron chi connectivity index (χ2n) is 5.47. The normalized spacial score (nSPS) is 26.7. The van der Waals surface area contributed by atoms with Crippen LogP contribution in [0.15, 0.2) is 0 Å². The van der Waals surface area contributed by atoms with Crippen molar-refractivity contribution < 1.29 is 9.53 Å². The molecule has 1 rings (SSSR count). The lowest BCUT2D eigenvalue weighted by Crippen LogP contribution is -2.55. The highest BCUT2D eigenvalue weighted by atomic mass is 16.5. The maximum Gasteiger partial charge on any atom is 0.327 e. The van der Waals surface area contributed by atoms with Crippen LogP contribution in [-0.4, -0.2) is 50.2 Å². The fourth-order valence-corrected chi connectivity index (χ4v) is 2.19. The number of nitrogens with one attached hydrogen (secondary N) is 1. The minimum atomic E-state index is -0.608. The van der Waals surface area contributed by atoms with Gasteiger partial charge in [0.1, 0.15) is 5.54 Å². The van der Waals surface area contributed by atoms with Crippen molar-refractivity contribution in [3.05, 3.63) is 0 Å². The largest absolute Gasteiger partial charge is 0.465 e. The van der Waals surface area contributed by atoms with Gasteiger partial charge in [-0.3, -0.25) is 4.79 Å². The molecule has 0 aromatic rings. The van der Waals surface area contributed by atoms with Crippen molar-refractivity contribution in [3.63, 3.8) is 0 Å². The summed E-state index contributed by atoms with van der Waals surface area (Å²) in [5.74, 6) is 1.49. The van der Waals surface area contributed by atoms with E-state index in [1.165, 1.54) is 6.42 Å². The van der Waals surface area contributed by atoms with E-state index < -0.39 is 5.54 Å². The molecule has 100 valence electrons. The third kappa shape index (κ3) is 3.96. The average molecular weight is 242 g/mol. The van der Waals surface area contributed by atoms with Crippen molar-refractivity contribution >= 4 is 5.97 Å². The van der Waals surface area contributed by atoms with Gasteiger partial charge in [-0.25, -0.2) is 0 Å². The van der Waals surface area contributed by atoms with Gasteiger partial charge in [-0.05, 0) is 46.2 Å². The van der Waals surface area contributed by atoms with Gasteiger partial charge >= 0.3 is 5.97 Å². The van der Waals surface area contributed by atoms with Crippen LogP contribution in [0.4, 0.5) is 0 Å². The number of esters is 1. The molecule has 0 bridgehead atoms. The molecule has 3 unspecified atom stereocenters. The monoisotopic (exact) mass is 242 g/mol. The molecule has 1 aliphatic rings. The minimum Gasteiger partial charge on any atom is -0.465 e. The Bertz CT molecular complexity index is 270. The van der Waals surface area contributed by atoms with Crippen LogP contribution in [0.2, 0.25) is 0 Å². The Kier molecular flexibility index (Phi) is 4.95. The Hall–Kier alpha value is -0.610. The molecule has 0 saturated heterocycles. The van der Waals surface area contributed by atoms with Crippen molar-refractivity contribution in [2.24, 2.45) is 11.8 Å². The van der Waals surface area contributed by atoms with Gasteiger partial charge in [-0.1, -0.05) is 6.92 Å². The molecule has 4 nitrogen and oxygen atoms in total. The summed E-state index contributed by atoms with van der Waals surface area (Å²) in [7, 11) is 3.88. The summed E-state index contributed by atoms with van der Waals surface area (Å²) in [6.07, 6.45) is 1.32. The summed E-state index contributed by atoms with van der Waals surface area (Å²) in [5.41, 5.74) is -0.608. The van der Waals surface area contributed by atoms with E-state index in [0.29, 0.717) is 13.2 Å². The van der Waals surface area contributed by atoms with Crippen LogP contribution in [0, 0.1) is 11.8 Å². The Balaban J connectivity index is 2.46. The van der Waals surface area contributed by atoms with Gasteiger partial charge in [0.2, 0.25) is 0 Å². The molecular weight excluding hydrogens is 216 g/mol. The predicted molar refractivity (Wildman–Crippen MR) is 68.9 cm³/mol. The summed E-state index contributed by atoms with van der Waals surface area (Å²) >= 11 is 0. The number of hydrogen-bond acceptors (Lipinski definition) is 4. The van der Waals surface area contributed by atoms with E-state index in [9.17, 15) is 4.79 Å². The molecule has 0 aromatic heterocycles. The van der Waals surface area contributed by atoms with Gasteiger partial charge in [0, 0.05) is 13.1 Å². The zero-order chi connectivity index (χ0) is 13.1. The Morgan fingerprint density at radius 2 is 2.18 bits per heavy atom. The molecule has 1 fully saturated rings. The van der Waals surface area contributed by atoms with Crippen LogP contribution < -0.4 is 5.32 Å². The molecule has 3 atom stereocenters. The number of likely N-dealkylation sites (N-methyl/N-ethyl adjacent to an activating group) is 2. The second-order valence-corrected chi connectivity index (χ2v) is 5.47. The highest BCUT2D eigenvalue weighted by molar-refractivity contribution is 5.80. The first-order valence-corrected chi connectivity index (χ1v) is 6.47. The third-order valence-electron chi connectivity index (χ3n) is 3.69. The lowest BCUT2D eigenvalue weighted by atomic mass is 10.0. The Labute approximate surface area is 105 Å². The Morgan fingerprint density at radius 3 is 2.59 bits per heavy atom. The molecule has 0 aromatic carbocycles. The lowest BCUT2D eigenvalue weighted by Gasteiger charge is -2.31. The van der Waals surface area contributed by atoms with Crippen LogP contribution in [-0.2, 0) is 9.53 Å². The standard InChI is InChI=1S/C13H26N2O2/c1-6-17-12(16)13(3,14-4)9-15(5)8-11-7-10(11)2/h10-11,14H,6-9H2,1-5H3. The van der Waals surface area contributed by atoms with E-state index in [4.69, 9.17) is 4.74 Å². The van der Waals surface area contributed by atoms with E-state index in [1.54, 1.807) is 0 Å². The van der Waals surface area contributed by atoms with Gasteiger partial charge in [0.15, 0.2) is 0 Å². The molecule has 1 saturated carbocycles. The van der Waals surface area contributed by atoms with Crippen LogP contribution in [0.1, 0.15) is 27.2 Å². The van der Waals surface area contributed by atoms with E-state index in [1.807, 2.05) is 20.9 Å². The van der Waals surface area contributed by atoms with E-state index in [0.717, 1.165) is 18.4 Å². The summed E-state index contributed by atoms with van der Waals surface area (Å²) in [5, 5.41) is 3.08. The van der Waals surface area contributed by atoms with Crippen LogP contribution in [0.3, 0.4) is 0 Å². The van der Waals surface area contributed by atoms with Crippen molar-refractivity contribution in [1.29, 1.82) is 0 Å². The first-order valence-electron chi connectivity index (χ1n) is 6.47. The highest BCUT2D eigenvalue weighted by Crippen LogP contribution is 2.38. The molecule has 0 spiro atoms. The summed E-state index contributed by atoms with van der Waals surface area (Å²) in [6, 6.07) is 0. The Morgan fingerprint density at radius 1 is 1.59 bits per heavy atom. The zero-order valence-corrected chi connectivity index (χ0v) is 11.7. The molecule has 0 heterocycles. The van der Waals surface area contributed by atoms with Crippen LogP contribution in [0.5, 0.6) is 0 Å². The zero-order valence-electron chi connectivity index (χ0n) is 11.7. The average Bonchev–Trinajstić information content (AvgIpc) is 2.94. The molecule has 0 aliphatic heterocycles. The molecular formula is C13H26N2O2. The van der Waals surface area contributed by atoms with Gasteiger partial charge in [0.05, 0.1) is 6.61 Å². The molecule has 17 heavy (non-hydrogen) atoms. The molecule has 0 radical (unpaired) electrons. The van der Waals surface area contributed by atoms with Crippen molar-refractivity contribution in [1.82, 2.24) is 10.2 Å². The van der Waals surface area contributed by atoms with E-state index in [2.05, 4.69) is 24.2 Å². The number of rotatable bonds is 7. The quantitative estimate of drug-likeness (QED) is 0.679. The van der Waals surface area contributed by atoms with Crippen molar-refractivity contribution in [2.75, 3.05) is 33.8 Å². The maximum absolute atomic E-state index is 11.9. The summed E-state index contributed by atoms with van der Waals surface area (Å²) in [4.78, 5) is 14.1. The number of ether oxygens (including phenoxy) is 1. The maximum atomic E-state index is 11.9. The fraction of sp³-hybridized carbons (Fsp3) is 0.923. The predicted octanol–water partition coefficient (Wildman–Crippen LogP) is 1.12. The number of hydrogen-bond donors (Lipinski definition) is 1. The van der Waals surface area contributed by atoms with Gasteiger partial charge in [0.25, 0.3) is 0 Å². The van der Waals surface area contributed by atoms with Crippen LogP contribution in [0.25, 0.3) is 0 Å². The van der Waals surface area contributed by atoms with Gasteiger partial charge < -0.3 is 15.0 Å². The first kappa shape index (κ1) is 14.5. The first-order chi connectivity index (χ1) is 7.92. The van der Waals surface area contributed by atoms with Crippen LogP contribution >= 0.6 is 0 Å². The van der Waals surface area contributed by atoms with E-state index in [-0.39, 0.29) is 5.97 Å². The molecule has 1 aliphatic carbocycles. The summed E-state index contributed by atoms with van der Waals surface area (Å²) in [6.45, 7) is 8.20. The number of carbonyl (C=O) groups is 1. The highest BCUT2D eigenvalue weighted by Gasteiger charge is 2.37. The second kappa shape index (κ2) is 5.83. The number of nitrogens with zero attached hydrogens (tertiary/aromatic N) is 1. The molecule has 0 amide bonds. The van der Waals surface area contributed by atoms with Crippen molar-refractivity contribution in [2.45, 2.75) is 32.7 Å². The van der Waals surface area contributed by atoms with Crippen molar-refractivity contribution in [3.8, 4) is 0 Å². The van der Waals surface area contributed by atoms with Gasteiger partial charge in [-0.15, -0.1) is 0 Å². The number of carbonyl (C=O) groups excluding carboxylic acids is 1. The fourth-order valence-electron chi connectivity index (χ4n) is 2.19. The topological polar surface area (TPSA) is 41.6 Å². The molecule has 4 heteroatoms.